The summed E-state index contributed by atoms with van der Waals surface area (Å²) < 4.78 is 25.1. The number of pyridine rings is 2. The molecule has 0 unspecified atom stereocenters. The molecule has 362 valence electrons. The molecule has 6 rings (SSSR count). The number of nitriles is 2. The molecule has 0 aliphatic carbocycles. The van der Waals surface area contributed by atoms with E-state index in [4.69, 9.17) is 52.4 Å². The number of carbonyl (C=O) groups is 2. The van der Waals surface area contributed by atoms with Crippen LogP contribution in [0.2, 0.25) is 10.0 Å². The van der Waals surface area contributed by atoms with Crippen LogP contribution >= 0.6 is 23.2 Å². The van der Waals surface area contributed by atoms with E-state index in [0.29, 0.717) is 62.8 Å². The van der Waals surface area contributed by atoms with E-state index in [1.54, 1.807) is 60.7 Å². The Morgan fingerprint density at radius 2 is 1.07 bits per heavy atom. The number of carboxylic acid groups (broad SMARTS) is 2. The Balaban J connectivity index is 1.18. The number of benzene rings is 4. The minimum absolute atomic E-state index is 0.0198. The number of aliphatic hydroxyl groups excluding tert-OH is 2. The average molecular weight is 989 g/mol. The maximum Gasteiger partial charge on any atom is 0.306 e. The first-order valence-electron chi connectivity index (χ1n) is 22.3. The standard InChI is InChI=1S/C53H51Cl2N5O10/c1-32-35(28-67-50-22-48(69-30-40-13-6-11-38(24-56)59-40)34(18-46(50)54)8-3-15-42(61)20-52(63)64)9-4-16-44(32)45-17-5-10-36(33(45)2)29-68-51-23-49(70-31-41-14-7-12-39(25-57)60-41)37(19-47(51)55)26-58-27-43(62)21-53(65)66/h4-7,9-14,16-19,22-23,42-43,58,61-62H,3,8,15,20-21,26-31H2,1-2H3,(H,63,64)(H,65,66)/t42-,43+/m1/s1. The Morgan fingerprint density at radius 3 is 1.57 bits per heavy atom. The van der Waals surface area contributed by atoms with Crippen LogP contribution in [-0.2, 0) is 49.0 Å². The van der Waals surface area contributed by atoms with Crippen molar-refractivity contribution in [3.63, 3.8) is 0 Å². The molecule has 0 aliphatic heterocycles. The molecule has 4 aromatic carbocycles. The fraction of sp³-hybridized carbons (Fsp3) is 0.283. The number of aromatic nitrogens is 2. The van der Waals surface area contributed by atoms with E-state index in [2.05, 4.69) is 15.3 Å². The van der Waals surface area contributed by atoms with Crippen molar-refractivity contribution in [1.82, 2.24) is 15.3 Å². The van der Waals surface area contributed by atoms with Crippen LogP contribution in [0.3, 0.4) is 0 Å². The number of aliphatic hydroxyl groups is 2. The van der Waals surface area contributed by atoms with Crippen molar-refractivity contribution < 1.29 is 49.0 Å². The normalized spacial score (nSPS) is 11.8. The van der Waals surface area contributed by atoms with Crippen LogP contribution in [0.1, 0.15) is 81.8 Å². The summed E-state index contributed by atoms with van der Waals surface area (Å²) in [6, 6.07) is 32.9. The fourth-order valence-electron chi connectivity index (χ4n) is 7.58. The molecule has 2 atom stereocenters. The number of halogens is 2. The lowest BCUT2D eigenvalue weighted by atomic mass is 9.92. The van der Waals surface area contributed by atoms with E-state index in [-0.39, 0.29) is 63.7 Å². The third-order valence-electron chi connectivity index (χ3n) is 11.3. The minimum atomic E-state index is -1.11. The number of aryl methyl sites for hydroxylation is 1. The minimum Gasteiger partial charge on any atom is -0.487 e. The molecule has 0 spiro atoms. The fourth-order valence-corrected chi connectivity index (χ4v) is 8.06. The van der Waals surface area contributed by atoms with Crippen molar-refractivity contribution in [3.05, 3.63) is 163 Å². The van der Waals surface area contributed by atoms with Crippen LogP contribution in [0.4, 0.5) is 0 Å². The molecule has 0 radical (unpaired) electrons. The van der Waals surface area contributed by atoms with E-state index in [0.717, 1.165) is 38.9 Å². The zero-order chi connectivity index (χ0) is 50.2. The number of hydrogen-bond donors (Lipinski definition) is 5. The number of ether oxygens (including phenoxy) is 4. The van der Waals surface area contributed by atoms with Crippen LogP contribution < -0.4 is 24.3 Å². The van der Waals surface area contributed by atoms with E-state index in [1.165, 1.54) is 0 Å². The van der Waals surface area contributed by atoms with Gasteiger partial charge in [0.05, 0.1) is 46.5 Å². The van der Waals surface area contributed by atoms with E-state index < -0.39 is 30.6 Å². The van der Waals surface area contributed by atoms with Gasteiger partial charge in [-0.05, 0) is 108 Å². The summed E-state index contributed by atoms with van der Waals surface area (Å²) in [5.41, 5.74) is 8.67. The number of nitrogens with one attached hydrogen (secondary N) is 1. The molecule has 2 aromatic heterocycles. The third kappa shape index (κ3) is 14.9. The zero-order valence-electron chi connectivity index (χ0n) is 38.5. The van der Waals surface area contributed by atoms with Crippen LogP contribution in [0, 0.1) is 36.5 Å². The highest BCUT2D eigenvalue weighted by atomic mass is 35.5. The predicted molar refractivity (Wildman–Crippen MR) is 261 cm³/mol. The van der Waals surface area contributed by atoms with Crippen molar-refractivity contribution >= 4 is 35.1 Å². The Morgan fingerprint density at radius 1 is 0.614 bits per heavy atom. The number of hydrogen-bond acceptors (Lipinski definition) is 13. The van der Waals surface area contributed by atoms with Crippen LogP contribution in [0.25, 0.3) is 11.1 Å². The first-order valence-corrected chi connectivity index (χ1v) is 23.0. The Labute approximate surface area is 415 Å². The Kier molecular flexibility index (Phi) is 18.9. The lowest BCUT2D eigenvalue weighted by Crippen LogP contribution is -2.28. The monoisotopic (exact) mass is 987 g/mol. The van der Waals surface area contributed by atoms with Gasteiger partial charge in [-0.1, -0.05) is 71.7 Å². The smallest absolute Gasteiger partial charge is 0.306 e. The summed E-state index contributed by atoms with van der Waals surface area (Å²) in [5, 5.41) is 60.7. The summed E-state index contributed by atoms with van der Waals surface area (Å²) in [5.74, 6) is -0.577. The van der Waals surface area contributed by atoms with Crippen molar-refractivity contribution in [3.8, 4) is 46.3 Å². The number of rotatable bonds is 25. The molecule has 0 bridgehead atoms. The molecular formula is C53H51Cl2N5O10. The Hall–Kier alpha value is -7.24. The second-order valence-electron chi connectivity index (χ2n) is 16.4. The molecule has 6 aromatic rings. The summed E-state index contributed by atoms with van der Waals surface area (Å²) >= 11 is 13.6. The summed E-state index contributed by atoms with van der Waals surface area (Å²) in [6.07, 6.45) is -1.66. The molecule has 0 saturated carbocycles. The van der Waals surface area contributed by atoms with Gasteiger partial charge in [0.1, 0.15) is 73.0 Å². The van der Waals surface area contributed by atoms with Gasteiger partial charge < -0.3 is 44.7 Å². The second-order valence-corrected chi connectivity index (χ2v) is 17.2. The highest BCUT2D eigenvalue weighted by molar-refractivity contribution is 6.32. The van der Waals surface area contributed by atoms with Gasteiger partial charge in [-0.2, -0.15) is 10.5 Å². The van der Waals surface area contributed by atoms with Crippen molar-refractivity contribution in [1.29, 1.82) is 10.5 Å². The van der Waals surface area contributed by atoms with E-state index in [1.807, 2.05) is 62.4 Å². The molecule has 5 N–H and O–H groups in total. The van der Waals surface area contributed by atoms with E-state index in [9.17, 15) is 30.3 Å². The van der Waals surface area contributed by atoms with Crippen LogP contribution in [0.15, 0.2) is 97.1 Å². The van der Waals surface area contributed by atoms with Gasteiger partial charge in [0.15, 0.2) is 0 Å². The summed E-state index contributed by atoms with van der Waals surface area (Å²) in [6.45, 7) is 4.68. The van der Waals surface area contributed by atoms with Gasteiger partial charge in [-0.15, -0.1) is 0 Å². The first-order chi connectivity index (χ1) is 33.7. The third-order valence-corrected chi connectivity index (χ3v) is 11.9. The topological polar surface area (TPSA) is 237 Å². The maximum atomic E-state index is 11.1. The predicted octanol–water partition coefficient (Wildman–Crippen LogP) is 9.21. The quantitative estimate of drug-likeness (QED) is 0.0359. The van der Waals surface area contributed by atoms with Gasteiger partial charge in [0, 0.05) is 30.8 Å². The zero-order valence-corrected chi connectivity index (χ0v) is 40.0. The highest BCUT2D eigenvalue weighted by Crippen LogP contribution is 2.38. The lowest BCUT2D eigenvalue weighted by molar-refractivity contribution is -0.140. The SMILES string of the molecule is Cc1c(COc2cc(OCc3cccc(C#N)n3)c(CCC[C@@H](O)CC(=O)O)cc2Cl)cccc1-c1cccc(COc2cc(OCc3cccc(C#N)n3)c(CNC[C@@H](O)CC(=O)O)cc2Cl)c1C. The molecule has 70 heavy (non-hydrogen) atoms. The van der Waals surface area contributed by atoms with Crippen LogP contribution in [-0.4, -0.2) is 61.1 Å². The first kappa shape index (κ1) is 52.1. The molecule has 2 heterocycles. The maximum absolute atomic E-state index is 11.1. The van der Waals surface area contributed by atoms with Gasteiger partial charge >= 0.3 is 11.9 Å². The highest BCUT2D eigenvalue weighted by Gasteiger charge is 2.19. The second kappa shape index (κ2) is 25.4. The molecule has 0 saturated heterocycles. The average Bonchev–Trinajstić information content (AvgIpc) is 3.33. The molecule has 17 heteroatoms. The molecular weight excluding hydrogens is 938 g/mol. The van der Waals surface area contributed by atoms with Gasteiger partial charge in [0.25, 0.3) is 0 Å². The van der Waals surface area contributed by atoms with Crippen molar-refractivity contribution in [2.24, 2.45) is 0 Å². The number of nitrogens with zero attached hydrogens (tertiary/aromatic N) is 4. The largest absolute Gasteiger partial charge is 0.487 e. The lowest BCUT2D eigenvalue weighted by Gasteiger charge is -2.19. The van der Waals surface area contributed by atoms with Crippen molar-refractivity contribution in [2.45, 2.75) is 91.1 Å². The Bertz CT molecular complexity index is 2710. The van der Waals surface area contributed by atoms with Gasteiger partial charge in [0.2, 0.25) is 0 Å². The summed E-state index contributed by atoms with van der Waals surface area (Å²) in [7, 11) is 0. The number of aliphatic carboxylic acids is 2. The van der Waals surface area contributed by atoms with Gasteiger partial charge in [-0.25, -0.2) is 9.97 Å². The van der Waals surface area contributed by atoms with Gasteiger partial charge in [-0.3, -0.25) is 9.59 Å². The molecule has 15 nitrogen and oxygen atoms in total. The molecule has 0 fully saturated rings. The summed E-state index contributed by atoms with van der Waals surface area (Å²) in [4.78, 5) is 30.7. The van der Waals surface area contributed by atoms with E-state index >= 15 is 0 Å². The van der Waals surface area contributed by atoms with Crippen molar-refractivity contribution in [2.75, 3.05) is 6.54 Å². The molecule has 0 amide bonds. The molecule has 0 aliphatic rings. The van der Waals surface area contributed by atoms with Crippen LogP contribution in [0.5, 0.6) is 23.0 Å². The number of carboxylic acids is 2.